The Bertz CT molecular complexity index is 815. The summed E-state index contributed by atoms with van der Waals surface area (Å²) in [7, 11) is 0. The van der Waals surface area contributed by atoms with Crippen molar-refractivity contribution in [2.45, 2.75) is 13.8 Å². The van der Waals surface area contributed by atoms with Crippen molar-refractivity contribution in [3.05, 3.63) is 67.8 Å². The van der Waals surface area contributed by atoms with Crippen molar-refractivity contribution >= 4 is 28.7 Å². The number of hydrogen-bond donors (Lipinski definition) is 1. The van der Waals surface area contributed by atoms with E-state index in [2.05, 4.69) is 5.32 Å². The Balaban J connectivity index is 2.64. The first-order chi connectivity index (χ1) is 11.8. The number of para-hydroxylation sites is 1. The molecule has 9 heteroatoms. The standard InChI is InChI=1S/C16H15N3O6/c1-3-25-16(20)11-8-13(18(21)22)15(14(9-11)19(23)24)17-12-7-5-4-6-10(12)2/h4-9,17H,3H2,1-2H3. The molecule has 0 saturated heterocycles. The van der Waals surface area contributed by atoms with Crippen molar-refractivity contribution in [1.82, 2.24) is 0 Å². The van der Waals surface area contributed by atoms with E-state index in [9.17, 15) is 25.0 Å². The van der Waals surface area contributed by atoms with Gasteiger partial charge in [-0.2, -0.15) is 0 Å². The largest absolute Gasteiger partial charge is 0.462 e. The molecule has 2 rings (SSSR count). The molecule has 0 bridgehead atoms. The molecular weight excluding hydrogens is 330 g/mol. The Morgan fingerprint density at radius 2 is 1.68 bits per heavy atom. The fourth-order valence-electron chi connectivity index (χ4n) is 2.21. The lowest BCUT2D eigenvalue weighted by Crippen LogP contribution is -2.09. The van der Waals surface area contributed by atoms with Crippen LogP contribution in [0.3, 0.4) is 0 Å². The first-order valence-electron chi connectivity index (χ1n) is 7.31. The molecule has 0 radical (unpaired) electrons. The lowest BCUT2D eigenvalue weighted by Gasteiger charge is -2.11. The topological polar surface area (TPSA) is 125 Å². The number of anilines is 2. The summed E-state index contributed by atoms with van der Waals surface area (Å²) in [6.45, 7) is 3.37. The number of carbonyl (C=O) groups excluding carboxylic acids is 1. The van der Waals surface area contributed by atoms with Gasteiger partial charge in [-0.25, -0.2) is 4.79 Å². The molecule has 25 heavy (non-hydrogen) atoms. The fourth-order valence-corrected chi connectivity index (χ4v) is 2.21. The summed E-state index contributed by atoms with van der Waals surface area (Å²) in [5.41, 5.74) is -0.480. The van der Waals surface area contributed by atoms with Gasteiger partial charge in [0.1, 0.15) is 0 Å². The Morgan fingerprint density at radius 1 is 1.12 bits per heavy atom. The predicted octanol–water partition coefficient (Wildman–Crippen LogP) is 3.73. The maximum absolute atomic E-state index is 11.8. The monoisotopic (exact) mass is 345 g/mol. The number of benzene rings is 2. The van der Waals surface area contributed by atoms with Gasteiger partial charge in [0.25, 0.3) is 0 Å². The van der Waals surface area contributed by atoms with Gasteiger partial charge in [0, 0.05) is 17.8 Å². The highest BCUT2D eigenvalue weighted by Crippen LogP contribution is 2.38. The van der Waals surface area contributed by atoms with Crippen molar-refractivity contribution in [3.8, 4) is 0 Å². The minimum atomic E-state index is -0.865. The number of aryl methyl sites for hydroxylation is 1. The van der Waals surface area contributed by atoms with Crippen LogP contribution in [0.1, 0.15) is 22.8 Å². The molecule has 9 nitrogen and oxygen atoms in total. The summed E-state index contributed by atoms with van der Waals surface area (Å²) < 4.78 is 4.77. The second-order valence-electron chi connectivity index (χ2n) is 5.06. The highest BCUT2D eigenvalue weighted by Gasteiger charge is 2.29. The van der Waals surface area contributed by atoms with Gasteiger partial charge >= 0.3 is 17.3 Å². The van der Waals surface area contributed by atoms with E-state index in [4.69, 9.17) is 4.74 Å². The van der Waals surface area contributed by atoms with E-state index >= 15 is 0 Å². The molecule has 0 fully saturated rings. The van der Waals surface area contributed by atoms with Crippen LogP contribution in [-0.4, -0.2) is 22.4 Å². The molecule has 0 saturated carbocycles. The van der Waals surface area contributed by atoms with Crippen molar-refractivity contribution in [3.63, 3.8) is 0 Å². The average molecular weight is 345 g/mol. The van der Waals surface area contributed by atoms with Gasteiger partial charge in [-0.15, -0.1) is 0 Å². The molecule has 0 heterocycles. The summed E-state index contributed by atoms with van der Waals surface area (Å²) in [6.07, 6.45) is 0. The Kier molecular flexibility index (Phi) is 5.28. The van der Waals surface area contributed by atoms with E-state index in [1.165, 1.54) is 0 Å². The van der Waals surface area contributed by atoms with E-state index in [0.717, 1.165) is 17.7 Å². The van der Waals surface area contributed by atoms with Gasteiger partial charge in [0.05, 0.1) is 22.0 Å². The molecule has 2 aromatic rings. The number of hydrogen-bond acceptors (Lipinski definition) is 7. The van der Waals surface area contributed by atoms with Crippen LogP contribution in [0.4, 0.5) is 22.7 Å². The van der Waals surface area contributed by atoms with Crippen molar-refractivity contribution in [2.75, 3.05) is 11.9 Å². The molecule has 0 aromatic heterocycles. The molecule has 0 aliphatic rings. The van der Waals surface area contributed by atoms with E-state index < -0.39 is 27.2 Å². The molecule has 0 atom stereocenters. The van der Waals surface area contributed by atoms with E-state index in [-0.39, 0.29) is 17.9 Å². The number of nitro groups is 2. The predicted molar refractivity (Wildman–Crippen MR) is 90.2 cm³/mol. The average Bonchev–Trinajstić information content (AvgIpc) is 2.56. The lowest BCUT2D eigenvalue weighted by molar-refractivity contribution is -0.392. The minimum absolute atomic E-state index is 0.0453. The SMILES string of the molecule is CCOC(=O)c1cc([N+](=O)[O-])c(Nc2ccccc2C)c([N+](=O)[O-])c1. The molecule has 2 aromatic carbocycles. The molecule has 0 aliphatic carbocycles. The maximum Gasteiger partial charge on any atom is 0.338 e. The summed E-state index contributed by atoms with van der Waals surface area (Å²) in [6, 6.07) is 8.79. The Morgan fingerprint density at radius 3 is 2.16 bits per heavy atom. The number of nitrogens with zero attached hydrogens (tertiary/aromatic N) is 2. The second-order valence-corrected chi connectivity index (χ2v) is 5.06. The van der Waals surface area contributed by atoms with Crippen LogP contribution in [0.15, 0.2) is 36.4 Å². The normalized spacial score (nSPS) is 10.2. The van der Waals surface area contributed by atoms with Crippen LogP contribution in [0.2, 0.25) is 0 Å². The zero-order chi connectivity index (χ0) is 18.6. The number of nitro benzene ring substituents is 2. The van der Waals surface area contributed by atoms with Gasteiger partial charge in [0.15, 0.2) is 5.69 Å². The highest BCUT2D eigenvalue weighted by molar-refractivity contribution is 5.94. The third kappa shape index (κ3) is 3.89. The Hall–Kier alpha value is -3.49. The highest BCUT2D eigenvalue weighted by atomic mass is 16.6. The molecule has 0 aliphatic heterocycles. The van der Waals surface area contributed by atoms with E-state index in [1.807, 2.05) is 0 Å². The van der Waals surface area contributed by atoms with Crippen LogP contribution in [-0.2, 0) is 4.74 Å². The van der Waals surface area contributed by atoms with Gasteiger partial charge in [-0.3, -0.25) is 20.2 Å². The van der Waals surface area contributed by atoms with E-state index in [1.54, 1.807) is 38.1 Å². The fraction of sp³-hybridized carbons (Fsp3) is 0.188. The number of esters is 1. The second kappa shape index (κ2) is 7.39. The van der Waals surface area contributed by atoms with Crippen LogP contribution < -0.4 is 5.32 Å². The van der Waals surface area contributed by atoms with Crippen molar-refractivity contribution in [1.29, 1.82) is 0 Å². The van der Waals surface area contributed by atoms with Gasteiger partial charge in [-0.1, -0.05) is 18.2 Å². The third-order valence-electron chi connectivity index (χ3n) is 3.41. The first-order valence-corrected chi connectivity index (χ1v) is 7.31. The van der Waals surface area contributed by atoms with Crippen molar-refractivity contribution in [2.24, 2.45) is 0 Å². The molecule has 0 amide bonds. The quantitative estimate of drug-likeness (QED) is 0.480. The zero-order valence-corrected chi connectivity index (χ0v) is 13.5. The third-order valence-corrected chi connectivity index (χ3v) is 3.41. The maximum atomic E-state index is 11.8. The van der Waals surface area contributed by atoms with Crippen LogP contribution >= 0.6 is 0 Å². The molecule has 130 valence electrons. The van der Waals surface area contributed by atoms with Gasteiger partial charge in [0.2, 0.25) is 0 Å². The van der Waals surface area contributed by atoms with Gasteiger partial charge in [-0.05, 0) is 25.5 Å². The summed E-state index contributed by atoms with van der Waals surface area (Å²) >= 11 is 0. The molecular formula is C16H15N3O6. The number of rotatable bonds is 6. The van der Waals surface area contributed by atoms with Crippen LogP contribution in [0, 0.1) is 27.2 Å². The smallest absolute Gasteiger partial charge is 0.338 e. The number of carbonyl (C=O) groups is 1. The number of ether oxygens (including phenoxy) is 1. The van der Waals surface area contributed by atoms with Gasteiger partial charge < -0.3 is 10.1 Å². The zero-order valence-electron chi connectivity index (χ0n) is 13.5. The van der Waals surface area contributed by atoms with E-state index in [0.29, 0.717) is 5.69 Å². The summed E-state index contributed by atoms with van der Waals surface area (Å²) in [5.74, 6) is -0.865. The van der Waals surface area contributed by atoms with Crippen LogP contribution in [0.5, 0.6) is 0 Å². The molecule has 0 spiro atoms. The molecule has 0 unspecified atom stereocenters. The Labute approximate surface area is 142 Å². The van der Waals surface area contributed by atoms with Crippen LogP contribution in [0.25, 0.3) is 0 Å². The summed E-state index contributed by atoms with van der Waals surface area (Å²) in [4.78, 5) is 33.1. The summed E-state index contributed by atoms with van der Waals surface area (Å²) in [5, 5.41) is 25.5. The van der Waals surface area contributed by atoms with Crippen molar-refractivity contribution < 1.29 is 19.4 Å². The minimum Gasteiger partial charge on any atom is -0.462 e. The molecule has 1 N–H and O–H groups in total. The lowest BCUT2D eigenvalue weighted by atomic mass is 10.1. The number of nitrogens with one attached hydrogen (secondary N) is 1. The first kappa shape index (κ1) is 17.9.